The number of para-hydroxylation sites is 1. The molecule has 0 saturated heterocycles. The monoisotopic (exact) mass is 202 g/mol. The van der Waals surface area contributed by atoms with Crippen LogP contribution in [0.15, 0.2) is 30.3 Å². The van der Waals surface area contributed by atoms with Gasteiger partial charge in [-0.15, -0.1) is 0 Å². The predicted molar refractivity (Wildman–Crippen MR) is 43.8 cm³/mol. The lowest BCUT2D eigenvalue weighted by molar-refractivity contribution is 0.475. The van der Waals surface area contributed by atoms with E-state index in [0.29, 0.717) is 10.9 Å². The van der Waals surface area contributed by atoms with Crippen LogP contribution in [-0.2, 0) is 4.79 Å². The Labute approximate surface area is 67.6 Å². The molecule has 0 radical (unpaired) electrons. The fourth-order valence-electron chi connectivity index (χ4n) is 0.428. The van der Waals surface area contributed by atoms with Crippen LogP contribution in [0.4, 0.5) is 0 Å². The molecule has 0 amide bonds. The van der Waals surface area contributed by atoms with E-state index in [1.165, 1.54) is 0 Å². The van der Waals surface area contributed by atoms with Crippen LogP contribution in [0.25, 0.3) is 0 Å². The molecule has 1 rings (SSSR count). The van der Waals surface area contributed by atoms with Crippen LogP contribution in [0.2, 0.25) is 0 Å². The number of phenolic OH excluding ortho intramolecular Hbond substituents is 1. The first kappa shape index (κ1) is 9.17. The van der Waals surface area contributed by atoms with Crippen molar-refractivity contribution in [2.45, 2.75) is 0 Å². The van der Waals surface area contributed by atoms with Gasteiger partial charge in [-0.25, -0.2) is 0 Å². The summed E-state index contributed by atoms with van der Waals surface area (Å²) in [6, 6.07) is 8.71. The number of rotatable bonds is 0. The van der Waals surface area contributed by atoms with Gasteiger partial charge in [0.25, 0.3) is 0 Å². The minimum Gasteiger partial charge on any atom is -0.508 e. The van der Waals surface area contributed by atoms with Gasteiger partial charge in [0.15, 0.2) is 5.20 Å². The molecule has 0 aliphatic carbocycles. The van der Waals surface area contributed by atoms with E-state index in [1.807, 2.05) is 6.07 Å². The molecule has 0 atom stereocenters. The van der Waals surface area contributed by atoms with Gasteiger partial charge >= 0.3 is 0 Å². The topological polar surface area (TPSA) is 37.3 Å². The van der Waals surface area contributed by atoms with Crippen molar-refractivity contribution in [1.29, 1.82) is 0 Å². The van der Waals surface area contributed by atoms with Gasteiger partial charge in [-0.3, -0.25) is 4.79 Å². The number of hydrogen-bond donors (Lipinski definition) is 1. The van der Waals surface area contributed by atoms with Crippen LogP contribution in [-0.4, -0.2) is 10.3 Å². The summed E-state index contributed by atoms with van der Waals surface area (Å²) in [4.78, 5) is 8.72. The Balaban J connectivity index is 0.000000236. The maximum absolute atomic E-state index is 8.72. The molecule has 3 heteroatoms. The molecule has 0 fully saturated rings. The molecule has 10 heavy (non-hydrogen) atoms. The normalized spacial score (nSPS) is 7.30. The minimum atomic E-state index is 0.322. The van der Waals surface area contributed by atoms with Crippen LogP contribution in [0.5, 0.6) is 5.75 Å². The van der Waals surface area contributed by atoms with E-state index in [0.717, 1.165) is 0 Å². The van der Waals surface area contributed by atoms with Crippen LogP contribution in [0, 0.1) is 0 Å². The molecule has 0 bridgehead atoms. The van der Waals surface area contributed by atoms with E-state index in [1.54, 1.807) is 24.3 Å². The Hall–Kier alpha value is -0.830. The number of benzene rings is 1. The molecule has 0 aromatic heterocycles. The van der Waals surface area contributed by atoms with Crippen molar-refractivity contribution in [3.8, 4) is 5.75 Å². The Morgan fingerprint density at radius 2 is 1.70 bits per heavy atom. The number of carbonyl (C=O) groups excluding carboxylic acids is 1. The van der Waals surface area contributed by atoms with E-state index in [9.17, 15) is 0 Å². The van der Waals surface area contributed by atoms with Gasteiger partial charge in [0.05, 0.1) is 0 Å². The van der Waals surface area contributed by atoms with Gasteiger partial charge in [0.1, 0.15) is 5.75 Å². The molecule has 1 N–H and O–H groups in total. The molecule has 1 aromatic carbocycles. The lowest BCUT2D eigenvalue weighted by Crippen LogP contribution is -1.56. The van der Waals surface area contributed by atoms with Crippen LogP contribution in [0.1, 0.15) is 0 Å². The summed E-state index contributed by atoms with van der Waals surface area (Å²) in [5.41, 5.74) is 0. The largest absolute Gasteiger partial charge is 0.508 e. The second-order valence-electron chi connectivity index (χ2n) is 1.42. The molecule has 1 aromatic rings. The standard InChI is InChI=1S/C6H6O.CHBrO/c7-6-4-2-1-3-5-6;2-1-3/h1-5,7H;1H. The van der Waals surface area contributed by atoms with Crippen molar-refractivity contribution in [2.24, 2.45) is 0 Å². The lowest BCUT2D eigenvalue weighted by Gasteiger charge is -1.82. The maximum atomic E-state index is 8.72. The van der Waals surface area contributed by atoms with Gasteiger partial charge < -0.3 is 5.11 Å². The zero-order valence-corrected chi connectivity index (χ0v) is 6.78. The van der Waals surface area contributed by atoms with Gasteiger partial charge in [-0.1, -0.05) is 18.2 Å². The van der Waals surface area contributed by atoms with Gasteiger partial charge in [-0.05, 0) is 28.1 Å². The number of hydrogen-bond acceptors (Lipinski definition) is 2. The summed E-state index contributed by atoms with van der Waals surface area (Å²) in [5.74, 6) is 0.322. The Morgan fingerprint density at radius 1 is 1.30 bits per heavy atom. The van der Waals surface area contributed by atoms with Crippen molar-refractivity contribution >= 4 is 21.1 Å². The van der Waals surface area contributed by atoms with Crippen molar-refractivity contribution in [2.75, 3.05) is 0 Å². The summed E-state index contributed by atoms with van der Waals surface area (Å²) >= 11 is 2.47. The van der Waals surface area contributed by atoms with Gasteiger partial charge in [0.2, 0.25) is 0 Å². The van der Waals surface area contributed by atoms with E-state index < -0.39 is 0 Å². The molecule has 54 valence electrons. The number of phenols is 1. The van der Waals surface area contributed by atoms with Crippen molar-refractivity contribution in [3.05, 3.63) is 30.3 Å². The van der Waals surface area contributed by atoms with Crippen molar-refractivity contribution < 1.29 is 9.90 Å². The summed E-state index contributed by atoms with van der Waals surface area (Å²) in [6.45, 7) is 0. The molecule has 2 nitrogen and oxygen atoms in total. The fraction of sp³-hybridized carbons (Fsp3) is 0. The van der Waals surface area contributed by atoms with Crippen molar-refractivity contribution in [1.82, 2.24) is 0 Å². The number of halogens is 1. The molecule has 0 unspecified atom stereocenters. The summed E-state index contributed by atoms with van der Waals surface area (Å²) in [5, 5.41) is 9.19. The average molecular weight is 203 g/mol. The molecular weight excluding hydrogens is 196 g/mol. The highest BCUT2D eigenvalue weighted by Crippen LogP contribution is 2.02. The molecule has 0 aliphatic heterocycles. The molecule has 0 aliphatic rings. The highest BCUT2D eigenvalue weighted by Gasteiger charge is 1.74. The lowest BCUT2D eigenvalue weighted by atomic mass is 10.3. The first-order chi connectivity index (χ1) is 4.81. The average Bonchev–Trinajstić information content (AvgIpc) is 1.91. The third kappa shape index (κ3) is 5.31. The van der Waals surface area contributed by atoms with E-state index in [4.69, 9.17) is 9.90 Å². The minimum absolute atomic E-state index is 0.322. The third-order valence-corrected chi connectivity index (χ3v) is 0.756. The highest BCUT2D eigenvalue weighted by atomic mass is 79.9. The zero-order valence-electron chi connectivity index (χ0n) is 5.20. The maximum Gasteiger partial charge on any atom is 0.185 e. The Morgan fingerprint density at radius 3 is 1.90 bits per heavy atom. The molecule has 0 saturated carbocycles. The molecule has 0 heterocycles. The second-order valence-corrected chi connectivity index (χ2v) is 1.80. The first-order valence-electron chi connectivity index (χ1n) is 2.59. The van der Waals surface area contributed by atoms with Gasteiger partial charge in [0, 0.05) is 0 Å². The summed E-state index contributed by atoms with van der Waals surface area (Å²) in [7, 11) is 0. The van der Waals surface area contributed by atoms with E-state index in [2.05, 4.69) is 15.9 Å². The first-order valence-corrected chi connectivity index (χ1v) is 3.50. The second kappa shape index (κ2) is 6.29. The van der Waals surface area contributed by atoms with Crippen LogP contribution in [0.3, 0.4) is 0 Å². The van der Waals surface area contributed by atoms with Crippen LogP contribution >= 0.6 is 15.9 Å². The van der Waals surface area contributed by atoms with Crippen molar-refractivity contribution in [3.63, 3.8) is 0 Å². The summed E-state index contributed by atoms with van der Waals surface area (Å²) < 4.78 is 0. The smallest absolute Gasteiger partial charge is 0.185 e. The summed E-state index contributed by atoms with van der Waals surface area (Å²) in [6.07, 6.45) is 0. The molecular formula is C7H7BrO2. The van der Waals surface area contributed by atoms with E-state index in [-0.39, 0.29) is 0 Å². The fourth-order valence-corrected chi connectivity index (χ4v) is 0.428. The highest BCUT2D eigenvalue weighted by molar-refractivity contribution is 9.17. The number of aromatic hydroxyl groups is 1. The Bertz CT molecular complexity index is 174. The Kier molecular flexibility index (Phi) is 5.77. The third-order valence-electron chi connectivity index (χ3n) is 0.756. The van der Waals surface area contributed by atoms with Crippen LogP contribution < -0.4 is 0 Å². The van der Waals surface area contributed by atoms with E-state index >= 15 is 0 Å². The predicted octanol–water partition coefficient (Wildman–Crippen LogP) is 1.96. The number of carbonyl (C=O) groups is 1. The SMILES string of the molecule is O=CBr.Oc1ccccc1. The van der Waals surface area contributed by atoms with Gasteiger partial charge in [-0.2, -0.15) is 0 Å². The molecule has 0 spiro atoms. The quantitative estimate of drug-likeness (QED) is 0.516. The zero-order chi connectivity index (χ0) is 7.82.